The van der Waals surface area contributed by atoms with E-state index < -0.39 is 58.9 Å². The van der Waals surface area contributed by atoms with Gasteiger partial charge < -0.3 is 9.47 Å². The molecule has 2 unspecified atom stereocenters. The number of carbonyl (C=O) groups excluding carboxylic acids is 4. The highest BCUT2D eigenvalue weighted by Crippen LogP contribution is 2.38. The first-order valence-corrected chi connectivity index (χ1v) is 9.55. The van der Waals surface area contributed by atoms with E-state index in [2.05, 4.69) is 10.1 Å². The second-order valence-electron chi connectivity index (χ2n) is 9.26. The van der Waals surface area contributed by atoms with Crippen LogP contribution in [0.2, 0.25) is 0 Å². The van der Waals surface area contributed by atoms with Crippen molar-refractivity contribution in [3.8, 4) is 0 Å². The predicted molar refractivity (Wildman–Crippen MR) is 102 cm³/mol. The van der Waals surface area contributed by atoms with Gasteiger partial charge in [-0.25, -0.2) is 4.79 Å². The summed E-state index contributed by atoms with van der Waals surface area (Å²) >= 11 is 0. The minimum Gasteiger partial charge on any atom is -0.453 e. The van der Waals surface area contributed by atoms with Crippen LogP contribution < -0.4 is 5.32 Å². The summed E-state index contributed by atoms with van der Waals surface area (Å²) in [6, 6.07) is 0. The van der Waals surface area contributed by atoms with Crippen LogP contribution in [0.5, 0.6) is 0 Å². The first kappa shape index (κ1) is 27.9. The zero-order chi connectivity index (χ0) is 24.1. The van der Waals surface area contributed by atoms with E-state index in [-0.39, 0.29) is 12.8 Å². The van der Waals surface area contributed by atoms with Crippen LogP contribution >= 0.6 is 0 Å². The van der Waals surface area contributed by atoms with Gasteiger partial charge in [0.1, 0.15) is 0 Å². The molecule has 0 aromatic heterocycles. The summed E-state index contributed by atoms with van der Waals surface area (Å²) in [7, 11) is 0. The average molecular weight is 439 g/mol. The third kappa shape index (κ3) is 8.31. The fraction of sp³-hybridized carbons (Fsp3) is 0.800. The number of amides is 2. The van der Waals surface area contributed by atoms with Gasteiger partial charge in [-0.3, -0.25) is 19.7 Å². The van der Waals surface area contributed by atoms with E-state index in [0.717, 1.165) is 0 Å². The summed E-state index contributed by atoms with van der Waals surface area (Å²) in [5.41, 5.74) is -3.15. The van der Waals surface area contributed by atoms with E-state index in [4.69, 9.17) is 4.74 Å². The molecule has 30 heavy (non-hydrogen) atoms. The van der Waals surface area contributed by atoms with E-state index in [9.17, 15) is 32.3 Å². The van der Waals surface area contributed by atoms with Crippen LogP contribution in [0.3, 0.4) is 0 Å². The third-order valence-electron chi connectivity index (χ3n) is 4.72. The highest BCUT2D eigenvalue weighted by atomic mass is 19.4. The van der Waals surface area contributed by atoms with Gasteiger partial charge in [0.2, 0.25) is 11.8 Å². The Bertz CT molecular complexity index is 666. The van der Waals surface area contributed by atoms with Crippen LogP contribution in [0, 0.1) is 16.2 Å². The molecule has 174 valence electrons. The molecule has 0 aliphatic heterocycles. The van der Waals surface area contributed by atoms with Gasteiger partial charge in [0.05, 0.1) is 5.41 Å². The maximum atomic E-state index is 12.6. The van der Waals surface area contributed by atoms with Crippen LogP contribution in [0.25, 0.3) is 0 Å². The van der Waals surface area contributed by atoms with E-state index >= 15 is 0 Å². The minimum atomic E-state index is -4.72. The molecule has 0 fully saturated rings. The quantitative estimate of drug-likeness (QED) is 0.581. The molecule has 2 amide bonds. The van der Waals surface area contributed by atoms with Crippen molar-refractivity contribution in [3.63, 3.8) is 0 Å². The lowest BCUT2D eigenvalue weighted by molar-refractivity contribution is -0.218. The van der Waals surface area contributed by atoms with Gasteiger partial charge in [0, 0.05) is 10.8 Å². The summed E-state index contributed by atoms with van der Waals surface area (Å²) < 4.78 is 46.3. The number of nitrogens with one attached hydrogen (secondary N) is 1. The van der Waals surface area contributed by atoms with Crippen molar-refractivity contribution in [1.82, 2.24) is 5.32 Å². The highest BCUT2D eigenvalue weighted by Gasteiger charge is 2.44. The van der Waals surface area contributed by atoms with Crippen LogP contribution in [0.15, 0.2) is 0 Å². The number of hydrogen-bond acceptors (Lipinski definition) is 6. The Morgan fingerprint density at radius 3 is 1.83 bits per heavy atom. The number of ether oxygens (including phenoxy) is 2. The van der Waals surface area contributed by atoms with Crippen LogP contribution in [0.1, 0.15) is 68.2 Å². The molecule has 0 heterocycles. The molecule has 0 saturated heterocycles. The Morgan fingerprint density at radius 1 is 0.933 bits per heavy atom. The van der Waals surface area contributed by atoms with Crippen molar-refractivity contribution in [2.45, 2.75) is 80.5 Å². The molecule has 1 N–H and O–H groups in total. The van der Waals surface area contributed by atoms with Crippen molar-refractivity contribution in [3.05, 3.63) is 0 Å². The summed E-state index contributed by atoms with van der Waals surface area (Å²) in [6.45, 7) is 10.9. The molecule has 2 atom stereocenters. The molecule has 0 saturated carbocycles. The second kappa shape index (κ2) is 9.78. The van der Waals surface area contributed by atoms with E-state index in [1.807, 2.05) is 0 Å². The van der Waals surface area contributed by atoms with E-state index in [1.54, 1.807) is 41.5 Å². The molecular formula is C20H32F3NO6. The molecule has 0 aromatic rings. The second-order valence-corrected chi connectivity index (χ2v) is 9.26. The molecule has 0 aliphatic rings. The van der Waals surface area contributed by atoms with Gasteiger partial charge in [0.15, 0.2) is 12.7 Å². The molecule has 0 aromatic carbocycles. The molecule has 0 bridgehead atoms. The predicted octanol–water partition coefficient (Wildman–Crippen LogP) is 3.55. The number of rotatable bonds is 8. The number of carbonyl (C=O) groups is 4. The summed E-state index contributed by atoms with van der Waals surface area (Å²) in [5.74, 6) is -3.24. The van der Waals surface area contributed by atoms with Gasteiger partial charge in [-0.05, 0) is 26.7 Å². The fourth-order valence-corrected chi connectivity index (χ4v) is 2.45. The lowest BCUT2D eigenvalue weighted by atomic mass is 9.72. The van der Waals surface area contributed by atoms with Gasteiger partial charge in [-0.2, -0.15) is 13.2 Å². The number of hydrogen-bond donors (Lipinski definition) is 1. The maximum Gasteiger partial charge on any atom is 0.425 e. The van der Waals surface area contributed by atoms with Crippen LogP contribution in [0.4, 0.5) is 13.2 Å². The van der Waals surface area contributed by atoms with Gasteiger partial charge in [0.25, 0.3) is 0 Å². The standard InChI is InChI=1S/C20H32F3NO6/c1-9-19(8,11-18(6,7)15(27)24-14(26)17(3,4)5)16(28)29-10-13(25)30-12(2)20(21,22)23/h12H,9-11H2,1-8H3,(H,24,26,27). The summed E-state index contributed by atoms with van der Waals surface area (Å²) in [6.07, 6.45) is -6.85. The number of alkyl halides is 3. The van der Waals surface area contributed by atoms with E-state index in [1.165, 1.54) is 6.92 Å². The largest absolute Gasteiger partial charge is 0.453 e. The molecule has 0 radical (unpaired) electrons. The molecule has 0 spiro atoms. The zero-order valence-corrected chi connectivity index (χ0v) is 18.8. The summed E-state index contributed by atoms with van der Waals surface area (Å²) in [4.78, 5) is 48.7. The van der Waals surface area contributed by atoms with Gasteiger partial charge in [-0.1, -0.05) is 41.5 Å². The average Bonchev–Trinajstić information content (AvgIpc) is 2.57. The highest BCUT2D eigenvalue weighted by molar-refractivity contribution is 6.00. The molecule has 0 aliphatic carbocycles. The smallest absolute Gasteiger partial charge is 0.425 e. The Morgan fingerprint density at radius 2 is 1.43 bits per heavy atom. The van der Waals surface area contributed by atoms with Crippen molar-refractivity contribution in [2.75, 3.05) is 6.61 Å². The normalized spacial score (nSPS) is 15.6. The van der Waals surface area contributed by atoms with E-state index in [0.29, 0.717) is 6.92 Å². The number of halogens is 3. The Kier molecular flexibility index (Phi) is 9.09. The zero-order valence-electron chi connectivity index (χ0n) is 18.8. The topological polar surface area (TPSA) is 98.8 Å². The first-order valence-electron chi connectivity index (χ1n) is 9.55. The first-order chi connectivity index (χ1) is 13.3. The minimum absolute atomic E-state index is 0.0212. The number of esters is 2. The lowest BCUT2D eigenvalue weighted by Crippen LogP contribution is -2.47. The van der Waals surface area contributed by atoms with Crippen LogP contribution in [-0.4, -0.2) is 42.6 Å². The molecule has 10 heteroatoms. The van der Waals surface area contributed by atoms with Crippen LogP contribution in [-0.2, 0) is 28.7 Å². The Labute approximate surface area is 175 Å². The third-order valence-corrected chi connectivity index (χ3v) is 4.72. The van der Waals surface area contributed by atoms with Crippen molar-refractivity contribution < 1.29 is 41.8 Å². The number of imide groups is 1. The fourth-order valence-electron chi connectivity index (χ4n) is 2.45. The van der Waals surface area contributed by atoms with Crippen molar-refractivity contribution in [1.29, 1.82) is 0 Å². The van der Waals surface area contributed by atoms with Crippen molar-refractivity contribution in [2.24, 2.45) is 16.2 Å². The van der Waals surface area contributed by atoms with Crippen molar-refractivity contribution >= 4 is 23.8 Å². The Hall–Kier alpha value is -2.13. The van der Waals surface area contributed by atoms with Gasteiger partial charge >= 0.3 is 18.1 Å². The van der Waals surface area contributed by atoms with Gasteiger partial charge in [-0.15, -0.1) is 0 Å². The maximum absolute atomic E-state index is 12.6. The monoisotopic (exact) mass is 439 g/mol. The summed E-state index contributed by atoms with van der Waals surface area (Å²) in [5, 5.41) is 2.32. The molecule has 0 rings (SSSR count). The lowest BCUT2D eigenvalue weighted by Gasteiger charge is -2.34. The SMILES string of the molecule is CCC(C)(CC(C)(C)C(=O)NC(=O)C(C)(C)C)C(=O)OCC(=O)OC(C)C(F)(F)F. The molecule has 7 nitrogen and oxygen atoms in total. The Balaban J connectivity index is 5.09. The molecular weight excluding hydrogens is 407 g/mol.